The molecule has 0 bridgehead atoms. The minimum Gasteiger partial charge on any atom is -0.324 e. The summed E-state index contributed by atoms with van der Waals surface area (Å²) >= 11 is 1.56. The second kappa shape index (κ2) is 5.84. The highest BCUT2D eigenvalue weighted by molar-refractivity contribution is 8.00. The maximum atomic E-state index is 11.3. The van der Waals surface area contributed by atoms with E-state index in [1.165, 1.54) is 0 Å². The largest absolute Gasteiger partial charge is 0.324 e. The molecule has 1 aliphatic heterocycles. The fourth-order valence-electron chi connectivity index (χ4n) is 1.68. The van der Waals surface area contributed by atoms with Gasteiger partial charge in [0.15, 0.2) is 0 Å². The van der Waals surface area contributed by atoms with E-state index >= 15 is 0 Å². The van der Waals surface area contributed by atoms with E-state index in [4.69, 9.17) is 0 Å². The number of amides is 1. The van der Waals surface area contributed by atoms with Gasteiger partial charge in [0.25, 0.3) is 0 Å². The highest BCUT2D eigenvalue weighted by atomic mass is 32.2. The Bertz CT molecular complexity index is 435. The maximum absolute atomic E-state index is 11.3. The molecular weight excluding hydrogens is 236 g/mol. The molecule has 1 aliphatic rings. The number of nitrogens with one attached hydrogen (secondary N) is 2. The number of anilines is 1. The van der Waals surface area contributed by atoms with Crippen molar-refractivity contribution in [1.29, 1.82) is 0 Å². The normalized spacial score (nSPS) is 14.0. The lowest BCUT2D eigenvalue weighted by atomic mass is 10.1. The predicted octanol–water partition coefficient (Wildman–Crippen LogP) is 1.06. The lowest BCUT2D eigenvalue weighted by Crippen LogP contribution is -2.20. The van der Waals surface area contributed by atoms with Crippen LogP contribution in [-0.4, -0.2) is 31.0 Å². The molecule has 0 spiro atoms. The second-order valence-corrected chi connectivity index (χ2v) is 4.81. The molecule has 0 aliphatic carbocycles. The van der Waals surface area contributed by atoms with Crippen LogP contribution in [0.2, 0.25) is 0 Å². The molecule has 17 heavy (non-hydrogen) atoms. The first-order chi connectivity index (χ1) is 8.29. The fourth-order valence-corrected chi connectivity index (χ4v) is 2.47. The lowest BCUT2D eigenvalue weighted by Gasteiger charge is -2.17. The number of carbonyl (C=O) groups excluding carboxylic acids is 2. The molecule has 1 aromatic rings. The summed E-state index contributed by atoms with van der Waals surface area (Å²) < 4.78 is 0. The summed E-state index contributed by atoms with van der Waals surface area (Å²) in [6.07, 6.45) is 1.70. The van der Waals surface area contributed by atoms with Crippen molar-refractivity contribution < 1.29 is 9.59 Å². The third-order valence-electron chi connectivity index (χ3n) is 2.49. The number of fused-ring (bicyclic) bond motifs is 1. The number of hydrogen-bond donors (Lipinski definition) is 2. The Kier molecular flexibility index (Phi) is 4.17. The molecule has 90 valence electrons. The van der Waals surface area contributed by atoms with Crippen molar-refractivity contribution in [3.8, 4) is 0 Å². The number of carbonyl (C=O) groups is 2. The zero-order valence-corrected chi connectivity index (χ0v) is 10.2. The van der Waals surface area contributed by atoms with Gasteiger partial charge in [-0.05, 0) is 30.7 Å². The third kappa shape index (κ3) is 3.31. The Morgan fingerprint density at radius 1 is 1.47 bits per heavy atom. The lowest BCUT2D eigenvalue weighted by molar-refractivity contribution is -0.114. The van der Waals surface area contributed by atoms with Crippen LogP contribution in [0.1, 0.15) is 5.56 Å². The Labute approximate surface area is 104 Å². The Morgan fingerprint density at radius 3 is 3.18 bits per heavy atom. The Balaban J connectivity index is 1.98. The van der Waals surface area contributed by atoms with E-state index in [1.807, 2.05) is 12.1 Å². The highest BCUT2D eigenvalue weighted by Crippen LogP contribution is 2.31. The van der Waals surface area contributed by atoms with Crippen molar-refractivity contribution in [2.24, 2.45) is 0 Å². The molecule has 2 rings (SSSR count). The van der Waals surface area contributed by atoms with Gasteiger partial charge in [-0.2, -0.15) is 0 Å². The number of aldehydes is 1. The van der Waals surface area contributed by atoms with Gasteiger partial charge >= 0.3 is 0 Å². The summed E-state index contributed by atoms with van der Waals surface area (Å²) in [7, 11) is 0. The predicted molar refractivity (Wildman–Crippen MR) is 68.4 cm³/mol. The minimum atomic E-state index is 0.0544. The Morgan fingerprint density at radius 2 is 2.35 bits per heavy atom. The molecule has 1 heterocycles. The van der Waals surface area contributed by atoms with Crippen LogP contribution < -0.4 is 10.6 Å². The monoisotopic (exact) mass is 250 g/mol. The zero-order chi connectivity index (χ0) is 12.1. The summed E-state index contributed by atoms with van der Waals surface area (Å²) in [5.41, 5.74) is 2.06. The van der Waals surface area contributed by atoms with Gasteiger partial charge in [-0.1, -0.05) is 6.07 Å². The first kappa shape index (κ1) is 12.1. The van der Waals surface area contributed by atoms with Gasteiger partial charge in [0.1, 0.15) is 6.29 Å². The van der Waals surface area contributed by atoms with Crippen molar-refractivity contribution >= 4 is 29.6 Å². The van der Waals surface area contributed by atoms with Crippen LogP contribution in [-0.2, 0) is 16.0 Å². The summed E-state index contributed by atoms with van der Waals surface area (Å²) in [5.74, 6) is 0.548. The quantitative estimate of drug-likeness (QED) is 0.606. The molecule has 0 saturated carbocycles. The molecule has 0 atom stereocenters. The summed E-state index contributed by atoms with van der Waals surface area (Å²) in [6.45, 7) is 1.15. The van der Waals surface area contributed by atoms with Gasteiger partial charge in [-0.25, -0.2) is 0 Å². The average molecular weight is 250 g/mol. The van der Waals surface area contributed by atoms with E-state index in [0.717, 1.165) is 35.4 Å². The van der Waals surface area contributed by atoms with Crippen molar-refractivity contribution in [2.75, 3.05) is 24.2 Å². The van der Waals surface area contributed by atoms with Crippen LogP contribution in [0.5, 0.6) is 0 Å². The number of benzene rings is 1. The molecule has 1 amide bonds. The van der Waals surface area contributed by atoms with E-state index in [2.05, 4.69) is 16.7 Å². The van der Waals surface area contributed by atoms with E-state index in [1.54, 1.807) is 11.8 Å². The summed E-state index contributed by atoms with van der Waals surface area (Å²) in [4.78, 5) is 22.5. The van der Waals surface area contributed by atoms with Gasteiger partial charge in [-0.15, -0.1) is 11.8 Å². The van der Waals surface area contributed by atoms with Crippen LogP contribution in [0.4, 0.5) is 5.69 Å². The van der Waals surface area contributed by atoms with Gasteiger partial charge in [0.2, 0.25) is 5.91 Å². The molecule has 0 aromatic heterocycles. The number of thioether (sulfide) groups is 1. The van der Waals surface area contributed by atoms with Crippen molar-refractivity contribution in [3.05, 3.63) is 23.8 Å². The Hall–Kier alpha value is -1.33. The highest BCUT2D eigenvalue weighted by Gasteiger charge is 2.14. The van der Waals surface area contributed by atoms with Gasteiger partial charge in [0.05, 0.1) is 18.0 Å². The molecule has 2 N–H and O–H groups in total. The fraction of sp³-hybridized carbons (Fsp3) is 0.333. The molecule has 0 fully saturated rings. The van der Waals surface area contributed by atoms with Crippen LogP contribution >= 0.6 is 11.8 Å². The maximum Gasteiger partial charge on any atom is 0.234 e. The van der Waals surface area contributed by atoms with Crippen LogP contribution in [0.3, 0.4) is 0 Å². The van der Waals surface area contributed by atoms with Gasteiger partial charge in [-0.3, -0.25) is 4.79 Å². The summed E-state index contributed by atoms with van der Waals surface area (Å²) in [6, 6.07) is 6.10. The molecular formula is C12H14N2O2S. The van der Waals surface area contributed by atoms with Crippen LogP contribution in [0.25, 0.3) is 0 Å². The number of hydrogen-bond acceptors (Lipinski definition) is 4. The third-order valence-corrected chi connectivity index (χ3v) is 3.57. The van der Waals surface area contributed by atoms with E-state index in [0.29, 0.717) is 12.3 Å². The average Bonchev–Trinajstić information content (AvgIpc) is 2.34. The van der Waals surface area contributed by atoms with E-state index in [9.17, 15) is 9.59 Å². The van der Waals surface area contributed by atoms with Gasteiger partial charge < -0.3 is 15.4 Å². The second-order valence-electron chi connectivity index (χ2n) is 3.79. The van der Waals surface area contributed by atoms with Crippen molar-refractivity contribution in [3.63, 3.8) is 0 Å². The molecule has 1 aromatic carbocycles. The van der Waals surface area contributed by atoms with E-state index < -0.39 is 0 Å². The van der Waals surface area contributed by atoms with Crippen molar-refractivity contribution in [1.82, 2.24) is 5.32 Å². The van der Waals surface area contributed by atoms with Gasteiger partial charge in [0, 0.05) is 4.90 Å². The van der Waals surface area contributed by atoms with Crippen molar-refractivity contribution in [2.45, 2.75) is 11.3 Å². The minimum absolute atomic E-state index is 0.0544. The zero-order valence-electron chi connectivity index (χ0n) is 9.36. The standard InChI is InChI=1S/C12H14N2O2S/c15-6-5-13-4-3-9-1-2-11-10(7-9)14-12(16)8-17-11/h1-2,6-7,13H,3-5,8H2,(H,14,16). The number of rotatable bonds is 5. The smallest absolute Gasteiger partial charge is 0.234 e. The summed E-state index contributed by atoms with van der Waals surface area (Å²) in [5, 5.41) is 5.88. The first-order valence-corrected chi connectivity index (χ1v) is 6.48. The molecule has 0 saturated heterocycles. The topological polar surface area (TPSA) is 58.2 Å². The SMILES string of the molecule is O=CCNCCc1ccc2c(c1)NC(=O)CS2. The van der Waals surface area contributed by atoms with Crippen LogP contribution in [0.15, 0.2) is 23.1 Å². The molecule has 0 unspecified atom stereocenters. The molecule has 5 heteroatoms. The molecule has 0 radical (unpaired) electrons. The molecule has 4 nitrogen and oxygen atoms in total. The van der Waals surface area contributed by atoms with E-state index in [-0.39, 0.29) is 5.91 Å². The first-order valence-electron chi connectivity index (χ1n) is 5.49. The van der Waals surface area contributed by atoms with Crippen LogP contribution in [0, 0.1) is 0 Å².